The van der Waals surface area contributed by atoms with Crippen molar-refractivity contribution in [3.8, 4) is 11.5 Å². The molecule has 0 fully saturated rings. The molecule has 2 aliphatic rings. The van der Waals surface area contributed by atoms with Gasteiger partial charge in [0.25, 0.3) is 5.91 Å². The van der Waals surface area contributed by atoms with Crippen LogP contribution in [0.5, 0.6) is 11.5 Å². The van der Waals surface area contributed by atoms with Crippen LogP contribution in [0, 0.1) is 0 Å². The highest BCUT2D eigenvalue weighted by molar-refractivity contribution is 5.94. The van der Waals surface area contributed by atoms with E-state index in [1.807, 2.05) is 35.2 Å². The number of ether oxygens (including phenoxy) is 2. The van der Waals surface area contributed by atoms with Crippen molar-refractivity contribution in [2.24, 2.45) is 0 Å². The highest BCUT2D eigenvalue weighted by Crippen LogP contribution is 2.36. The Kier molecular flexibility index (Phi) is 3.68. The number of carbonyl (C=O) groups is 1. The maximum absolute atomic E-state index is 12.8. The third-order valence-electron chi connectivity index (χ3n) is 4.82. The molecule has 0 atom stereocenters. The molecule has 1 amide bonds. The first-order chi connectivity index (χ1) is 11.6. The predicted octanol–water partition coefficient (Wildman–Crippen LogP) is 3.74. The Labute approximate surface area is 142 Å². The van der Waals surface area contributed by atoms with Gasteiger partial charge < -0.3 is 14.4 Å². The average Bonchev–Trinajstić information content (AvgIpc) is 3.06. The van der Waals surface area contributed by atoms with Crippen molar-refractivity contribution >= 4 is 5.91 Å². The summed E-state index contributed by atoms with van der Waals surface area (Å²) in [4.78, 5) is 14.7. The van der Waals surface area contributed by atoms with Crippen LogP contribution in [0.3, 0.4) is 0 Å². The van der Waals surface area contributed by atoms with E-state index in [1.165, 1.54) is 11.1 Å². The first-order valence-electron chi connectivity index (χ1n) is 8.42. The summed E-state index contributed by atoms with van der Waals surface area (Å²) in [6.45, 7) is 5.95. The molecular weight excluding hydrogens is 302 g/mol. The first-order valence-corrected chi connectivity index (χ1v) is 8.42. The summed E-state index contributed by atoms with van der Waals surface area (Å²) < 4.78 is 10.9. The molecule has 2 aromatic carbocycles. The fourth-order valence-electron chi connectivity index (χ4n) is 3.31. The van der Waals surface area contributed by atoms with Crippen molar-refractivity contribution in [1.82, 2.24) is 4.90 Å². The summed E-state index contributed by atoms with van der Waals surface area (Å²) in [5, 5.41) is 0. The third-order valence-corrected chi connectivity index (χ3v) is 4.82. The van der Waals surface area contributed by atoms with E-state index in [9.17, 15) is 4.79 Å². The number of nitrogens with zero attached hydrogens (tertiary/aromatic N) is 1. The molecule has 2 aliphatic heterocycles. The normalized spacial score (nSPS) is 15.5. The largest absolute Gasteiger partial charge is 0.454 e. The molecular formula is C20H21NO3. The molecule has 0 aromatic heterocycles. The molecule has 0 radical (unpaired) electrons. The fourth-order valence-corrected chi connectivity index (χ4v) is 3.31. The Balaban J connectivity index is 1.54. The van der Waals surface area contributed by atoms with E-state index in [2.05, 4.69) is 19.9 Å². The van der Waals surface area contributed by atoms with Gasteiger partial charge in [0.05, 0.1) is 0 Å². The van der Waals surface area contributed by atoms with E-state index in [4.69, 9.17) is 9.47 Å². The van der Waals surface area contributed by atoms with Gasteiger partial charge in [-0.1, -0.05) is 26.0 Å². The van der Waals surface area contributed by atoms with Crippen LogP contribution >= 0.6 is 0 Å². The summed E-state index contributed by atoms with van der Waals surface area (Å²) in [7, 11) is 0. The second kappa shape index (κ2) is 5.86. The number of hydrogen-bond donors (Lipinski definition) is 0. The van der Waals surface area contributed by atoms with Gasteiger partial charge in [-0.05, 0) is 53.3 Å². The Morgan fingerprint density at radius 3 is 2.38 bits per heavy atom. The predicted molar refractivity (Wildman–Crippen MR) is 91.5 cm³/mol. The van der Waals surface area contributed by atoms with Crippen LogP contribution in [0.2, 0.25) is 0 Å². The highest BCUT2D eigenvalue weighted by atomic mass is 16.7. The molecule has 0 spiro atoms. The van der Waals surface area contributed by atoms with Gasteiger partial charge in [-0.25, -0.2) is 0 Å². The lowest BCUT2D eigenvalue weighted by Crippen LogP contribution is -2.35. The van der Waals surface area contributed by atoms with Crippen LogP contribution in [-0.4, -0.2) is 24.1 Å². The second-order valence-corrected chi connectivity index (χ2v) is 6.73. The maximum atomic E-state index is 12.8. The van der Waals surface area contributed by atoms with Gasteiger partial charge in [0, 0.05) is 18.7 Å². The third kappa shape index (κ3) is 2.62. The minimum Gasteiger partial charge on any atom is -0.454 e. The van der Waals surface area contributed by atoms with Crippen molar-refractivity contribution in [3.05, 3.63) is 58.7 Å². The van der Waals surface area contributed by atoms with Gasteiger partial charge in [-0.2, -0.15) is 0 Å². The highest BCUT2D eigenvalue weighted by Gasteiger charge is 2.25. The molecule has 0 aliphatic carbocycles. The zero-order valence-corrected chi connectivity index (χ0v) is 14.0. The van der Waals surface area contributed by atoms with E-state index in [-0.39, 0.29) is 12.7 Å². The average molecular weight is 323 g/mol. The summed E-state index contributed by atoms with van der Waals surface area (Å²) in [6, 6.07) is 12.0. The second-order valence-electron chi connectivity index (χ2n) is 6.73. The van der Waals surface area contributed by atoms with Gasteiger partial charge in [0.15, 0.2) is 11.5 Å². The van der Waals surface area contributed by atoms with Crippen LogP contribution < -0.4 is 9.47 Å². The Bertz CT molecular complexity index is 780. The van der Waals surface area contributed by atoms with Crippen LogP contribution in [0.15, 0.2) is 36.4 Å². The van der Waals surface area contributed by atoms with Gasteiger partial charge >= 0.3 is 0 Å². The molecule has 4 rings (SSSR count). The van der Waals surface area contributed by atoms with E-state index >= 15 is 0 Å². The van der Waals surface area contributed by atoms with Crippen LogP contribution in [0.4, 0.5) is 0 Å². The molecule has 24 heavy (non-hydrogen) atoms. The molecule has 2 aromatic rings. The number of hydrogen-bond acceptors (Lipinski definition) is 3. The molecule has 4 nitrogen and oxygen atoms in total. The Morgan fingerprint density at radius 1 is 1.04 bits per heavy atom. The van der Waals surface area contributed by atoms with Gasteiger partial charge in [0.1, 0.15) is 0 Å². The summed E-state index contributed by atoms with van der Waals surface area (Å²) >= 11 is 0. The van der Waals surface area contributed by atoms with E-state index in [0.29, 0.717) is 12.5 Å². The van der Waals surface area contributed by atoms with Crippen molar-refractivity contribution in [2.45, 2.75) is 32.7 Å². The molecule has 4 heteroatoms. The number of benzene rings is 2. The minimum atomic E-state index is 0.0913. The van der Waals surface area contributed by atoms with Crippen LogP contribution in [0.25, 0.3) is 0 Å². The van der Waals surface area contributed by atoms with Crippen LogP contribution in [0.1, 0.15) is 46.8 Å². The quantitative estimate of drug-likeness (QED) is 0.845. The van der Waals surface area contributed by atoms with E-state index in [1.54, 1.807) is 0 Å². The lowest BCUT2D eigenvalue weighted by molar-refractivity contribution is 0.0734. The van der Waals surface area contributed by atoms with Crippen molar-refractivity contribution < 1.29 is 14.3 Å². The molecule has 0 saturated heterocycles. The topological polar surface area (TPSA) is 38.8 Å². The van der Waals surface area contributed by atoms with Gasteiger partial charge in [-0.3, -0.25) is 4.79 Å². The number of rotatable bonds is 2. The molecule has 0 saturated carbocycles. The zero-order chi connectivity index (χ0) is 16.7. The Hall–Kier alpha value is -2.49. The monoisotopic (exact) mass is 323 g/mol. The molecule has 0 N–H and O–H groups in total. The maximum Gasteiger partial charge on any atom is 0.254 e. The molecule has 124 valence electrons. The SMILES string of the molecule is CC(C)c1ccc(C(=O)N2CCc3cc4c(cc3C2)OCO4)cc1. The number of amides is 1. The number of carbonyl (C=O) groups excluding carboxylic acids is 1. The lowest BCUT2D eigenvalue weighted by Gasteiger charge is -2.29. The zero-order valence-electron chi connectivity index (χ0n) is 14.0. The fraction of sp³-hybridized carbons (Fsp3) is 0.350. The van der Waals surface area contributed by atoms with Crippen molar-refractivity contribution in [3.63, 3.8) is 0 Å². The van der Waals surface area contributed by atoms with Crippen molar-refractivity contribution in [1.29, 1.82) is 0 Å². The minimum absolute atomic E-state index is 0.0913. The standard InChI is InChI=1S/C20H21NO3/c1-13(2)14-3-5-15(6-4-14)20(22)21-8-7-16-9-18-19(24-12-23-18)10-17(16)11-21/h3-6,9-10,13H,7-8,11-12H2,1-2H3. The smallest absolute Gasteiger partial charge is 0.254 e. The number of fused-ring (bicyclic) bond motifs is 2. The van der Waals surface area contributed by atoms with Gasteiger partial charge in [-0.15, -0.1) is 0 Å². The molecule has 0 unspecified atom stereocenters. The molecule has 0 bridgehead atoms. The lowest BCUT2D eigenvalue weighted by atomic mass is 9.97. The molecule has 2 heterocycles. The van der Waals surface area contributed by atoms with Crippen LogP contribution in [-0.2, 0) is 13.0 Å². The first kappa shape index (κ1) is 15.1. The summed E-state index contributed by atoms with van der Waals surface area (Å²) in [5.41, 5.74) is 4.41. The van der Waals surface area contributed by atoms with E-state index in [0.717, 1.165) is 35.6 Å². The summed E-state index contributed by atoms with van der Waals surface area (Å²) in [6.07, 6.45) is 0.849. The Morgan fingerprint density at radius 2 is 1.71 bits per heavy atom. The van der Waals surface area contributed by atoms with Crippen molar-refractivity contribution in [2.75, 3.05) is 13.3 Å². The summed E-state index contributed by atoms with van der Waals surface area (Å²) in [5.74, 6) is 2.16. The van der Waals surface area contributed by atoms with Gasteiger partial charge in [0.2, 0.25) is 6.79 Å². The van der Waals surface area contributed by atoms with E-state index < -0.39 is 0 Å².